The summed E-state index contributed by atoms with van der Waals surface area (Å²) in [5.41, 5.74) is -0.362. The Morgan fingerprint density at radius 1 is 1.30 bits per heavy atom. The smallest absolute Gasteiger partial charge is 0.410 e. The fraction of sp³-hybridized carbons (Fsp3) is 0.471. The first kappa shape index (κ1) is 20.8. The maximum absolute atomic E-state index is 14.6. The summed E-state index contributed by atoms with van der Waals surface area (Å²) >= 11 is 11.3. The average Bonchev–Trinajstić information content (AvgIpc) is 2.59. The molecule has 0 atom stereocenters. The van der Waals surface area contributed by atoms with Gasteiger partial charge < -0.3 is 14.5 Å². The molecule has 1 aromatic carbocycles. The van der Waals surface area contributed by atoms with Gasteiger partial charge in [0, 0.05) is 35.1 Å². The number of ether oxygens (including phenoxy) is 1. The minimum absolute atomic E-state index is 0.0147. The van der Waals surface area contributed by atoms with Gasteiger partial charge in [-0.15, -0.1) is 0 Å². The third-order valence-electron chi connectivity index (χ3n) is 4.01. The van der Waals surface area contributed by atoms with Crippen molar-refractivity contribution >= 4 is 72.9 Å². The van der Waals surface area contributed by atoms with E-state index in [1.54, 1.807) is 4.90 Å². The van der Waals surface area contributed by atoms with Crippen molar-refractivity contribution in [3.8, 4) is 0 Å². The molecule has 10 heteroatoms. The van der Waals surface area contributed by atoms with Crippen molar-refractivity contribution in [1.82, 2.24) is 14.9 Å². The fourth-order valence-electron chi connectivity index (χ4n) is 2.80. The number of hydrogen-bond acceptors (Lipinski definition) is 5. The topological polar surface area (TPSA) is 58.6 Å². The number of nitrogens with zero attached hydrogens (tertiary/aromatic N) is 4. The minimum Gasteiger partial charge on any atom is -0.444 e. The van der Waals surface area contributed by atoms with Gasteiger partial charge in [-0.25, -0.2) is 14.2 Å². The molecule has 0 saturated carbocycles. The molecule has 1 saturated heterocycles. The van der Waals surface area contributed by atoms with Crippen LogP contribution >= 0.6 is 50.1 Å². The number of fused-ring (bicyclic) bond motifs is 1. The second-order valence-electron chi connectivity index (χ2n) is 7.15. The van der Waals surface area contributed by atoms with E-state index in [4.69, 9.17) is 16.3 Å². The molecule has 1 aliphatic rings. The molecule has 0 aliphatic carbocycles. The molecule has 0 bridgehead atoms. The maximum atomic E-state index is 14.6. The molecule has 0 unspecified atom stereocenters. The van der Waals surface area contributed by atoms with Gasteiger partial charge in [-0.1, -0.05) is 0 Å². The number of halogens is 4. The number of piperazine rings is 1. The highest BCUT2D eigenvalue weighted by Crippen LogP contribution is 2.34. The standard InChI is InChI=1S/C17H18BrClFIN4O2/c1-17(2,3)27-16(26)25-6-4-24(5-7-25)14-9-8-10(21)11(18)12(20)13(9)22-15(19)23-14/h8H,4-7H2,1-3H3. The van der Waals surface area contributed by atoms with Crippen LogP contribution in [-0.2, 0) is 4.74 Å². The molecule has 2 aromatic rings. The van der Waals surface area contributed by atoms with E-state index in [0.717, 1.165) is 3.57 Å². The van der Waals surface area contributed by atoms with E-state index in [2.05, 4.69) is 48.5 Å². The van der Waals surface area contributed by atoms with Gasteiger partial charge >= 0.3 is 6.09 Å². The summed E-state index contributed by atoms with van der Waals surface area (Å²) in [4.78, 5) is 24.3. The van der Waals surface area contributed by atoms with Gasteiger partial charge in [-0.3, -0.25) is 0 Å². The summed E-state index contributed by atoms with van der Waals surface area (Å²) in [5.74, 6) is 0.105. The van der Waals surface area contributed by atoms with E-state index in [1.165, 1.54) is 0 Å². The molecule has 0 N–H and O–H groups in total. The molecule has 1 fully saturated rings. The largest absolute Gasteiger partial charge is 0.444 e. The van der Waals surface area contributed by atoms with Gasteiger partial charge in [-0.2, -0.15) is 4.98 Å². The third kappa shape index (κ3) is 4.56. The lowest BCUT2D eigenvalue weighted by Crippen LogP contribution is -2.50. The Balaban J connectivity index is 1.86. The van der Waals surface area contributed by atoms with Crippen molar-refractivity contribution in [3.63, 3.8) is 0 Å². The van der Waals surface area contributed by atoms with E-state index >= 15 is 0 Å². The molecule has 1 amide bonds. The van der Waals surface area contributed by atoms with Crippen LogP contribution in [0.25, 0.3) is 10.9 Å². The average molecular weight is 572 g/mol. The summed E-state index contributed by atoms with van der Waals surface area (Å²) in [5, 5.41) is 0.578. The van der Waals surface area contributed by atoms with Crippen molar-refractivity contribution in [2.24, 2.45) is 0 Å². The Labute approximate surface area is 183 Å². The van der Waals surface area contributed by atoms with Crippen molar-refractivity contribution < 1.29 is 13.9 Å². The number of carbonyl (C=O) groups excluding carboxylic acids is 1. The van der Waals surface area contributed by atoms with Crippen molar-refractivity contribution in [2.45, 2.75) is 26.4 Å². The van der Waals surface area contributed by atoms with Crippen LogP contribution in [0.15, 0.2) is 10.5 Å². The highest BCUT2D eigenvalue weighted by Gasteiger charge is 2.28. The lowest BCUT2D eigenvalue weighted by Gasteiger charge is -2.36. The van der Waals surface area contributed by atoms with Crippen LogP contribution in [-0.4, -0.2) is 52.7 Å². The second-order valence-corrected chi connectivity index (χ2v) is 9.45. The van der Waals surface area contributed by atoms with Crippen molar-refractivity contribution in [3.05, 3.63) is 25.2 Å². The SMILES string of the molecule is CC(C)(C)OC(=O)N1CCN(c2nc(Cl)nc3c(F)c(Br)c(I)cc23)CC1. The zero-order valence-corrected chi connectivity index (χ0v) is 19.5. The Kier molecular flexibility index (Phi) is 6.02. The van der Waals surface area contributed by atoms with Gasteiger partial charge in [0.05, 0.1) is 4.47 Å². The zero-order chi connectivity index (χ0) is 19.9. The molecule has 0 spiro atoms. The number of benzene rings is 1. The minimum atomic E-state index is -0.536. The quantitative estimate of drug-likeness (QED) is 0.279. The number of aromatic nitrogens is 2. The highest BCUT2D eigenvalue weighted by molar-refractivity contribution is 14.1. The van der Waals surface area contributed by atoms with E-state index in [9.17, 15) is 9.18 Å². The maximum Gasteiger partial charge on any atom is 0.410 e. The Morgan fingerprint density at radius 3 is 2.52 bits per heavy atom. The third-order valence-corrected chi connectivity index (χ3v) is 6.55. The summed E-state index contributed by atoms with van der Waals surface area (Å²) in [6, 6.07) is 1.83. The molecule has 1 aliphatic heterocycles. The Bertz CT molecular complexity index is 901. The van der Waals surface area contributed by atoms with E-state index in [0.29, 0.717) is 41.9 Å². The van der Waals surface area contributed by atoms with Gasteiger partial charge in [0.1, 0.15) is 16.9 Å². The molecule has 27 heavy (non-hydrogen) atoms. The van der Waals surface area contributed by atoms with Crippen LogP contribution in [0.4, 0.5) is 15.0 Å². The lowest BCUT2D eigenvalue weighted by molar-refractivity contribution is 0.0240. The predicted molar refractivity (Wildman–Crippen MR) is 115 cm³/mol. The van der Waals surface area contributed by atoms with Crippen LogP contribution < -0.4 is 4.90 Å². The first-order valence-electron chi connectivity index (χ1n) is 8.30. The molecular formula is C17H18BrClFIN4O2. The van der Waals surface area contributed by atoms with E-state index < -0.39 is 11.4 Å². The molecule has 146 valence electrons. The predicted octanol–water partition coefficient (Wildman–Crippen LogP) is 4.85. The summed E-state index contributed by atoms with van der Waals surface area (Å²) < 4.78 is 21.1. The molecular weight excluding hydrogens is 553 g/mol. The Hall–Kier alpha value is -0.940. The molecule has 1 aromatic heterocycles. The highest BCUT2D eigenvalue weighted by atomic mass is 127. The fourth-order valence-corrected chi connectivity index (χ4v) is 3.81. The van der Waals surface area contributed by atoms with Gasteiger partial charge in [0.25, 0.3) is 0 Å². The summed E-state index contributed by atoms with van der Waals surface area (Å²) in [7, 11) is 0. The monoisotopic (exact) mass is 570 g/mol. The van der Waals surface area contributed by atoms with Crippen LogP contribution in [0.5, 0.6) is 0 Å². The van der Waals surface area contributed by atoms with Crippen LogP contribution in [0, 0.1) is 9.39 Å². The summed E-state index contributed by atoms with van der Waals surface area (Å²) in [6.45, 7) is 7.55. The number of anilines is 1. The second kappa shape index (κ2) is 7.82. The first-order valence-corrected chi connectivity index (χ1v) is 10.6. The Morgan fingerprint density at radius 2 is 1.93 bits per heavy atom. The normalized spacial score (nSPS) is 15.4. The number of hydrogen-bond donors (Lipinski definition) is 0. The van der Waals surface area contributed by atoms with Crippen LogP contribution in [0.2, 0.25) is 5.28 Å². The molecule has 6 nitrogen and oxygen atoms in total. The van der Waals surface area contributed by atoms with Crippen molar-refractivity contribution in [1.29, 1.82) is 0 Å². The van der Waals surface area contributed by atoms with Gasteiger partial charge in [0.15, 0.2) is 5.82 Å². The van der Waals surface area contributed by atoms with E-state index in [1.807, 2.05) is 31.7 Å². The first-order chi connectivity index (χ1) is 12.6. The van der Waals surface area contributed by atoms with Crippen molar-refractivity contribution in [2.75, 3.05) is 31.1 Å². The molecule has 2 heterocycles. The lowest BCUT2D eigenvalue weighted by atomic mass is 10.2. The van der Waals surface area contributed by atoms with Crippen LogP contribution in [0.1, 0.15) is 20.8 Å². The van der Waals surface area contributed by atoms with Gasteiger partial charge in [0.2, 0.25) is 5.28 Å². The summed E-state index contributed by atoms with van der Waals surface area (Å²) in [6.07, 6.45) is -0.336. The number of amides is 1. The number of carbonyl (C=O) groups is 1. The molecule has 0 radical (unpaired) electrons. The molecule has 3 rings (SSSR count). The van der Waals surface area contributed by atoms with Crippen LogP contribution in [0.3, 0.4) is 0 Å². The number of rotatable bonds is 1. The zero-order valence-electron chi connectivity index (χ0n) is 15.0. The van der Waals surface area contributed by atoms with Gasteiger partial charge in [-0.05, 0) is 77.0 Å². The van der Waals surface area contributed by atoms with E-state index in [-0.39, 0.29) is 16.9 Å².